The first-order chi connectivity index (χ1) is 7.58. The highest BCUT2D eigenvalue weighted by molar-refractivity contribution is 5.82. The van der Waals surface area contributed by atoms with Crippen LogP contribution in [-0.2, 0) is 4.79 Å². The van der Waals surface area contributed by atoms with E-state index in [0.29, 0.717) is 0 Å². The Labute approximate surface area is 113 Å². The van der Waals surface area contributed by atoms with Gasteiger partial charge < -0.3 is 11.1 Å². The number of rotatable bonds is 4. The minimum atomic E-state index is -0.369. The third-order valence-electron chi connectivity index (χ3n) is 3.70. The lowest BCUT2D eigenvalue weighted by molar-refractivity contribution is -0.131. The second-order valence-electron chi connectivity index (χ2n) is 8.38. The Morgan fingerprint density at radius 2 is 1.33 bits per heavy atom. The molecule has 0 saturated heterocycles. The van der Waals surface area contributed by atoms with Crippen LogP contribution in [-0.4, -0.2) is 17.0 Å². The molecule has 0 aromatic heterocycles. The van der Waals surface area contributed by atoms with Crippen LogP contribution >= 0.6 is 0 Å². The number of hydrogen-bond acceptors (Lipinski definition) is 2. The molecule has 0 aromatic rings. The topological polar surface area (TPSA) is 55.1 Å². The molecular weight excluding hydrogens is 224 g/mol. The predicted molar refractivity (Wildman–Crippen MR) is 78.3 cm³/mol. The molecule has 0 atom stereocenters. The van der Waals surface area contributed by atoms with E-state index < -0.39 is 0 Å². The number of amides is 1. The molecule has 18 heavy (non-hydrogen) atoms. The summed E-state index contributed by atoms with van der Waals surface area (Å²) in [6.07, 6.45) is 0.845. The van der Waals surface area contributed by atoms with Gasteiger partial charge in [0.25, 0.3) is 0 Å². The molecular formula is C15H32N2O. The molecule has 3 heteroatoms. The van der Waals surface area contributed by atoms with Crippen LogP contribution in [0.5, 0.6) is 0 Å². The van der Waals surface area contributed by atoms with E-state index in [1.54, 1.807) is 0 Å². The molecule has 0 unspecified atom stereocenters. The molecule has 108 valence electrons. The van der Waals surface area contributed by atoms with Crippen molar-refractivity contribution in [3.8, 4) is 0 Å². The fourth-order valence-corrected chi connectivity index (χ4v) is 2.00. The van der Waals surface area contributed by atoms with Crippen molar-refractivity contribution in [3.05, 3.63) is 0 Å². The van der Waals surface area contributed by atoms with Gasteiger partial charge in [-0.1, -0.05) is 34.6 Å². The van der Waals surface area contributed by atoms with Gasteiger partial charge in [0.2, 0.25) is 5.91 Å². The number of nitrogens with two attached hydrogens (primary N) is 1. The smallest absolute Gasteiger partial charge is 0.225 e. The predicted octanol–water partition coefficient (Wildman–Crippen LogP) is 3.08. The molecule has 1 amide bonds. The second-order valence-corrected chi connectivity index (χ2v) is 8.38. The Morgan fingerprint density at radius 1 is 0.944 bits per heavy atom. The lowest BCUT2D eigenvalue weighted by Gasteiger charge is -2.46. The first kappa shape index (κ1) is 17.4. The highest BCUT2D eigenvalue weighted by Gasteiger charge is 2.42. The third kappa shape index (κ3) is 4.97. The molecule has 0 fully saturated rings. The van der Waals surface area contributed by atoms with Gasteiger partial charge in [0, 0.05) is 16.5 Å². The summed E-state index contributed by atoms with van der Waals surface area (Å²) in [4.78, 5) is 12.2. The largest absolute Gasteiger partial charge is 0.350 e. The summed E-state index contributed by atoms with van der Waals surface area (Å²) in [5, 5.41) is 3.16. The monoisotopic (exact) mass is 256 g/mol. The maximum Gasteiger partial charge on any atom is 0.225 e. The minimum absolute atomic E-state index is 0.0772. The molecule has 0 aliphatic carbocycles. The summed E-state index contributed by atoms with van der Waals surface area (Å²) in [6, 6.07) is 0. The van der Waals surface area contributed by atoms with Gasteiger partial charge in [-0.15, -0.1) is 0 Å². The van der Waals surface area contributed by atoms with Crippen molar-refractivity contribution in [1.82, 2.24) is 5.32 Å². The zero-order valence-electron chi connectivity index (χ0n) is 13.7. The van der Waals surface area contributed by atoms with E-state index >= 15 is 0 Å². The molecule has 0 aromatic carbocycles. The molecule has 0 saturated carbocycles. The molecule has 0 bridgehead atoms. The van der Waals surface area contributed by atoms with E-state index in [4.69, 9.17) is 5.73 Å². The van der Waals surface area contributed by atoms with E-state index in [2.05, 4.69) is 33.0 Å². The Balaban J connectivity index is 4.97. The molecule has 0 radical (unpaired) electrons. The molecule has 0 aliphatic rings. The van der Waals surface area contributed by atoms with Crippen molar-refractivity contribution in [2.75, 3.05) is 0 Å². The van der Waals surface area contributed by atoms with Crippen molar-refractivity contribution < 1.29 is 4.79 Å². The average molecular weight is 256 g/mol. The van der Waals surface area contributed by atoms with Gasteiger partial charge in [-0.05, 0) is 39.5 Å². The summed E-state index contributed by atoms with van der Waals surface area (Å²) in [7, 11) is 0. The Morgan fingerprint density at radius 3 is 1.61 bits per heavy atom. The normalized spacial score (nSPS) is 14.6. The molecule has 0 spiro atoms. The maximum absolute atomic E-state index is 12.2. The van der Waals surface area contributed by atoms with Crippen LogP contribution in [0.3, 0.4) is 0 Å². The number of hydrogen-bond donors (Lipinski definition) is 2. The Kier molecular flexibility index (Phi) is 4.69. The zero-order valence-corrected chi connectivity index (χ0v) is 13.7. The van der Waals surface area contributed by atoms with Crippen molar-refractivity contribution >= 4 is 5.91 Å². The number of carbonyl (C=O) groups is 1. The van der Waals surface area contributed by atoms with Gasteiger partial charge >= 0.3 is 0 Å². The fourth-order valence-electron chi connectivity index (χ4n) is 2.00. The van der Waals surface area contributed by atoms with Crippen LogP contribution in [0.2, 0.25) is 0 Å². The van der Waals surface area contributed by atoms with E-state index in [-0.39, 0.29) is 27.8 Å². The van der Waals surface area contributed by atoms with Gasteiger partial charge in [0.05, 0.1) is 0 Å². The van der Waals surface area contributed by atoms with Gasteiger partial charge in [-0.2, -0.15) is 0 Å². The Bertz CT molecular complexity index is 303. The van der Waals surface area contributed by atoms with Gasteiger partial charge in [0.15, 0.2) is 0 Å². The van der Waals surface area contributed by atoms with Crippen molar-refractivity contribution in [2.24, 2.45) is 16.6 Å². The van der Waals surface area contributed by atoms with Gasteiger partial charge in [0.1, 0.15) is 0 Å². The minimum Gasteiger partial charge on any atom is -0.350 e. The quantitative estimate of drug-likeness (QED) is 0.812. The van der Waals surface area contributed by atoms with E-state index in [1.807, 2.05) is 34.6 Å². The fraction of sp³-hybridized carbons (Fsp3) is 0.933. The molecule has 0 heterocycles. The van der Waals surface area contributed by atoms with E-state index in [9.17, 15) is 4.79 Å². The maximum atomic E-state index is 12.2. The lowest BCUT2D eigenvalue weighted by atomic mass is 9.67. The van der Waals surface area contributed by atoms with Crippen LogP contribution in [0.15, 0.2) is 0 Å². The van der Waals surface area contributed by atoms with Crippen LogP contribution in [0.4, 0.5) is 0 Å². The highest BCUT2D eigenvalue weighted by Crippen LogP contribution is 2.37. The summed E-state index contributed by atoms with van der Waals surface area (Å²) in [6.45, 7) is 18.3. The standard InChI is InChI=1S/C15H32N2O/c1-12(2,3)11(18)17-15(8,9)13(4,5)10-14(6,7)16/h10,16H2,1-9H3,(H,17,18). The summed E-state index contributed by atoms with van der Waals surface area (Å²) in [5.41, 5.74) is 5.14. The van der Waals surface area contributed by atoms with Crippen LogP contribution < -0.4 is 11.1 Å². The first-order valence-corrected chi connectivity index (χ1v) is 6.70. The van der Waals surface area contributed by atoms with Crippen LogP contribution in [0, 0.1) is 10.8 Å². The lowest BCUT2D eigenvalue weighted by Crippen LogP contribution is -2.58. The molecule has 3 nitrogen and oxygen atoms in total. The van der Waals surface area contributed by atoms with Crippen molar-refractivity contribution in [1.29, 1.82) is 0 Å². The van der Waals surface area contributed by atoms with Crippen molar-refractivity contribution in [3.63, 3.8) is 0 Å². The highest BCUT2D eigenvalue weighted by atomic mass is 16.2. The number of carbonyl (C=O) groups excluding carboxylic acids is 1. The second kappa shape index (κ2) is 4.84. The number of nitrogens with one attached hydrogen (secondary N) is 1. The third-order valence-corrected chi connectivity index (χ3v) is 3.70. The average Bonchev–Trinajstić information content (AvgIpc) is 1.95. The molecule has 0 rings (SSSR count). The first-order valence-electron chi connectivity index (χ1n) is 6.70. The SMILES string of the molecule is CC(C)(N)CC(C)(C)C(C)(C)NC(=O)C(C)(C)C. The zero-order chi connectivity index (χ0) is 15.0. The van der Waals surface area contributed by atoms with Crippen molar-refractivity contribution in [2.45, 2.75) is 79.8 Å². The van der Waals surface area contributed by atoms with E-state index in [1.165, 1.54) is 0 Å². The van der Waals surface area contributed by atoms with Crippen LogP contribution in [0.25, 0.3) is 0 Å². The van der Waals surface area contributed by atoms with Gasteiger partial charge in [-0.25, -0.2) is 0 Å². The summed E-state index contributed by atoms with van der Waals surface area (Å²) < 4.78 is 0. The summed E-state index contributed by atoms with van der Waals surface area (Å²) in [5.74, 6) is 0.0791. The summed E-state index contributed by atoms with van der Waals surface area (Å²) >= 11 is 0. The Hall–Kier alpha value is -0.570. The molecule has 0 aliphatic heterocycles. The van der Waals surface area contributed by atoms with Crippen LogP contribution in [0.1, 0.15) is 68.7 Å². The van der Waals surface area contributed by atoms with E-state index in [0.717, 1.165) is 6.42 Å². The molecule has 3 N–H and O–H groups in total. The van der Waals surface area contributed by atoms with Gasteiger partial charge in [-0.3, -0.25) is 4.79 Å².